The van der Waals surface area contributed by atoms with Gasteiger partial charge in [-0.1, -0.05) is 82.2 Å². The van der Waals surface area contributed by atoms with Crippen molar-refractivity contribution in [1.29, 1.82) is 0 Å². The van der Waals surface area contributed by atoms with Gasteiger partial charge >= 0.3 is 5.97 Å². The smallest absolute Gasteiger partial charge is 0.322 e. The van der Waals surface area contributed by atoms with Gasteiger partial charge in [-0.05, 0) is 18.4 Å². The number of sulfonamides is 1. The summed E-state index contributed by atoms with van der Waals surface area (Å²) in [5, 5.41) is 9.28. The number of carbonyl (C=O) groups is 1. The average Bonchev–Trinajstić information content (AvgIpc) is 2.57. The first-order chi connectivity index (χ1) is 11.9. The zero-order valence-electron chi connectivity index (χ0n) is 15.1. The summed E-state index contributed by atoms with van der Waals surface area (Å²) in [7, 11) is -3.58. The van der Waals surface area contributed by atoms with Crippen LogP contribution in [0.15, 0.2) is 30.3 Å². The Morgan fingerprint density at radius 3 is 2.12 bits per heavy atom. The van der Waals surface area contributed by atoms with Gasteiger partial charge in [0.25, 0.3) is 0 Å². The second kappa shape index (κ2) is 12.0. The summed E-state index contributed by atoms with van der Waals surface area (Å²) < 4.78 is 26.6. The molecule has 0 aromatic heterocycles. The first-order valence-electron chi connectivity index (χ1n) is 9.21. The van der Waals surface area contributed by atoms with E-state index in [-0.39, 0.29) is 12.2 Å². The lowest BCUT2D eigenvalue weighted by Gasteiger charge is -2.15. The lowest BCUT2D eigenvalue weighted by Crippen LogP contribution is -2.43. The molecular formula is C19H31NO4S. The first kappa shape index (κ1) is 21.6. The van der Waals surface area contributed by atoms with Crippen molar-refractivity contribution in [3.05, 3.63) is 35.9 Å². The molecule has 2 N–H and O–H groups in total. The lowest BCUT2D eigenvalue weighted by atomic mass is 10.1. The second-order valence-electron chi connectivity index (χ2n) is 6.49. The highest BCUT2D eigenvalue weighted by Crippen LogP contribution is 2.10. The standard InChI is InChI=1S/C19H31NO4S/c1-2-3-4-5-6-7-8-12-15-25(23,24)20-18(19(21)22)16-17-13-10-9-11-14-17/h9-11,13-14,18,20H,2-8,12,15-16H2,1H3,(H,21,22)/t18-/m0/s1. The maximum absolute atomic E-state index is 12.1. The Kier molecular flexibility index (Phi) is 10.4. The number of nitrogens with one attached hydrogen (secondary N) is 1. The van der Waals surface area contributed by atoms with E-state index in [2.05, 4.69) is 11.6 Å². The van der Waals surface area contributed by atoms with Gasteiger partial charge in [0.15, 0.2) is 0 Å². The van der Waals surface area contributed by atoms with Crippen molar-refractivity contribution in [2.24, 2.45) is 0 Å². The number of aliphatic carboxylic acids is 1. The summed E-state index contributed by atoms with van der Waals surface area (Å²) in [6.45, 7) is 2.18. The fourth-order valence-electron chi connectivity index (χ4n) is 2.73. The molecule has 0 radical (unpaired) electrons. The minimum absolute atomic E-state index is 0.0134. The largest absolute Gasteiger partial charge is 0.480 e. The topological polar surface area (TPSA) is 83.5 Å². The van der Waals surface area contributed by atoms with E-state index in [0.29, 0.717) is 6.42 Å². The maximum Gasteiger partial charge on any atom is 0.322 e. The molecule has 0 unspecified atom stereocenters. The number of rotatable bonds is 14. The molecule has 6 heteroatoms. The van der Waals surface area contributed by atoms with Crippen LogP contribution in [0, 0.1) is 0 Å². The molecular weight excluding hydrogens is 338 g/mol. The van der Waals surface area contributed by atoms with Gasteiger partial charge in [-0.25, -0.2) is 13.1 Å². The SMILES string of the molecule is CCCCCCCCCCS(=O)(=O)N[C@@H](Cc1ccccc1)C(=O)O. The van der Waals surface area contributed by atoms with Crippen LogP contribution in [0.3, 0.4) is 0 Å². The zero-order chi connectivity index (χ0) is 18.5. The zero-order valence-corrected chi connectivity index (χ0v) is 15.9. The average molecular weight is 370 g/mol. The van der Waals surface area contributed by atoms with Crippen LogP contribution in [0.5, 0.6) is 0 Å². The van der Waals surface area contributed by atoms with E-state index in [0.717, 1.165) is 24.8 Å². The highest BCUT2D eigenvalue weighted by molar-refractivity contribution is 7.89. The van der Waals surface area contributed by atoms with Gasteiger partial charge in [0.05, 0.1) is 5.75 Å². The van der Waals surface area contributed by atoms with Crippen LogP contribution in [0.4, 0.5) is 0 Å². The van der Waals surface area contributed by atoms with Crippen LogP contribution in [-0.2, 0) is 21.2 Å². The molecule has 0 aliphatic heterocycles. The fourth-order valence-corrected chi connectivity index (χ4v) is 4.05. The van der Waals surface area contributed by atoms with Gasteiger partial charge in [0, 0.05) is 0 Å². The third-order valence-electron chi connectivity index (χ3n) is 4.17. The highest BCUT2D eigenvalue weighted by Gasteiger charge is 2.23. The Balaban J connectivity index is 2.34. The van der Waals surface area contributed by atoms with E-state index in [1.807, 2.05) is 18.2 Å². The van der Waals surface area contributed by atoms with E-state index in [9.17, 15) is 18.3 Å². The molecule has 0 amide bonds. The van der Waals surface area contributed by atoms with Crippen LogP contribution in [0.2, 0.25) is 0 Å². The third kappa shape index (κ3) is 10.2. The van der Waals surface area contributed by atoms with Crippen LogP contribution < -0.4 is 4.72 Å². The lowest BCUT2D eigenvalue weighted by molar-refractivity contribution is -0.138. The Morgan fingerprint density at radius 2 is 1.56 bits per heavy atom. The Morgan fingerprint density at radius 1 is 1.00 bits per heavy atom. The van der Waals surface area contributed by atoms with Crippen LogP contribution in [-0.4, -0.2) is 31.3 Å². The van der Waals surface area contributed by atoms with E-state index >= 15 is 0 Å². The minimum atomic E-state index is -3.58. The molecule has 0 bridgehead atoms. The van der Waals surface area contributed by atoms with Crippen molar-refractivity contribution >= 4 is 16.0 Å². The summed E-state index contributed by atoms with van der Waals surface area (Å²) in [4.78, 5) is 11.4. The molecule has 0 spiro atoms. The maximum atomic E-state index is 12.1. The molecule has 0 saturated carbocycles. The number of hydrogen-bond donors (Lipinski definition) is 2. The molecule has 5 nitrogen and oxygen atoms in total. The molecule has 142 valence electrons. The van der Waals surface area contributed by atoms with Gasteiger partial charge in [0.1, 0.15) is 6.04 Å². The normalized spacial score (nSPS) is 12.8. The molecule has 0 saturated heterocycles. The summed E-state index contributed by atoms with van der Waals surface area (Å²) in [6.07, 6.45) is 8.68. The van der Waals surface area contributed by atoms with Gasteiger partial charge in [0.2, 0.25) is 10.0 Å². The second-order valence-corrected chi connectivity index (χ2v) is 8.37. The number of carboxylic acids is 1. The third-order valence-corrected chi connectivity index (χ3v) is 5.64. The highest BCUT2D eigenvalue weighted by atomic mass is 32.2. The van der Waals surface area contributed by atoms with Gasteiger partial charge in [-0.3, -0.25) is 4.79 Å². The van der Waals surface area contributed by atoms with Crippen molar-refractivity contribution in [3.8, 4) is 0 Å². The Labute approximate surface area is 151 Å². The molecule has 25 heavy (non-hydrogen) atoms. The van der Waals surface area contributed by atoms with E-state index < -0.39 is 22.0 Å². The number of benzene rings is 1. The Hall–Kier alpha value is -1.40. The number of unbranched alkanes of at least 4 members (excludes halogenated alkanes) is 7. The van der Waals surface area contributed by atoms with Crippen LogP contribution in [0.25, 0.3) is 0 Å². The molecule has 0 fully saturated rings. The van der Waals surface area contributed by atoms with E-state index in [1.165, 1.54) is 25.7 Å². The summed E-state index contributed by atoms with van der Waals surface area (Å²) in [6, 6.07) is 7.92. The summed E-state index contributed by atoms with van der Waals surface area (Å²) >= 11 is 0. The van der Waals surface area contributed by atoms with Crippen molar-refractivity contribution in [1.82, 2.24) is 4.72 Å². The summed E-state index contributed by atoms with van der Waals surface area (Å²) in [5.41, 5.74) is 0.796. The predicted octanol–water partition coefficient (Wildman–Crippen LogP) is 3.74. The Bertz CT molecular complexity index is 587. The van der Waals surface area contributed by atoms with Crippen molar-refractivity contribution in [2.45, 2.75) is 70.8 Å². The van der Waals surface area contributed by atoms with Gasteiger partial charge in [-0.15, -0.1) is 0 Å². The van der Waals surface area contributed by atoms with Crippen molar-refractivity contribution in [2.75, 3.05) is 5.75 Å². The van der Waals surface area contributed by atoms with Crippen LogP contribution in [0.1, 0.15) is 63.9 Å². The molecule has 1 aromatic rings. The van der Waals surface area contributed by atoms with E-state index in [4.69, 9.17) is 0 Å². The molecule has 1 rings (SSSR count). The molecule has 1 aromatic carbocycles. The quantitative estimate of drug-likeness (QED) is 0.489. The molecule has 0 heterocycles. The van der Waals surface area contributed by atoms with Crippen molar-refractivity contribution in [3.63, 3.8) is 0 Å². The molecule has 1 atom stereocenters. The minimum Gasteiger partial charge on any atom is -0.480 e. The number of carboxylic acid groups (broad SMARTS) is 1. The van der Waals surface area contributed by atoms with Gasteiger partial charge < -0.3 is 5.11 Å². The van der Waals surface area contributed by atoms with Gasteiger partial charge in [-0.2, -0.15) is 0 Å². The monoisotopic (exact) mass is 369 g/mol. The van der Waals surface area contributed by atoms with E-state index in [1.54, 1.807) is 12.1 Å². The van der Waals surface area contributed by atoms with Crippen LogP contribution >= 0.6 is 0 Å². The molecule has 0 aliphatic rings. The first-order valence-corrected chi connectivity index (χ1v) is 10.9. The predicted molar refractivity (Wildman–Crippen MR) is 101 cm³/mol. The number of hydrogen-bond acceptors (Lipinski definition) is 3. The van der Waals surface area contributed by atoms with Crippen molar-refractivity contribution < 1.29 is 18.3 Å². The molecule has 0 aliphatic carbocycles. The fraction of sp³-hybridized carbons (Fsp3) is 0.632. The summed E-state index contributed by atoms with van der Waals surface area (Å²) in [5.74, 6) is -1.16.